The van der Waals surface area contributed by atoms with E-state index >= 15 is 0 Å². The van der Waals surface area contributed by atoms with Crippen LogP contribution in [0.25, 0.3) is 0 Å². The van der Waals surface area contributed by atoms with Gasteiger partial charge in [-0.2, -0.15) is 0 Å². The molecule has 24 heavy (non-hydrogen) atoms. The molecule has 0 aromatic carbocycles. The maximum Gasteiger partial charge on any atom is 0.255 e. The number of piperidine rings is 1. The first-order valence-electron chi connectivity index (χ1n) is 9.04. The summed E-state index contributed by atoms with van der Waals surface area (Å²) in [5.41, 5.74) is 3.10. The van der Waals surface area contributed by atoms with E-state index in [1.54, 1.807) is 0 Å². The lowest BCUT2D eigenvalue weighted by Gasteiger charge is -2.34. The fourth-order valence-corrected chi connectivity index (χ4v) is 3.99. The predicted molar refractivity (Wildman–Crippen MR) is 95.4 cm³/mol. The van der Waals surface area contributed by atoms with Crippen molar-refractivity contribution in [3.8, 4) is 0 Å². The van der Waals surface area contributed by atoms with Gasteiger partial charge in [0.1, 0.15) is 5.82 Å². The predicted octanol–water partition coefficient (Wildman–Crippen LogP) is 3.36. The third-order valence-electron chi connectivity index (χ3n) is 5.26. The van der Waals surface area contributed by atoms with Crippen LogP contribution in [0, 0.1) is 13.8 Å². The molecule has 0 spiro atoms. The smallest absolute Gasteiger partial charge is 0.255 e. The van der Waals surface area contributed by atoms with Gasteiger partial charge in [0, 0.05) is 49.8 Å². The Morgan fingerprint density at radius 1 is 1.33 bits per heavy atom. The summed E-state index contributed by atoms with van der Waals surface area (Å²) in [5.74, 6) is 1.28. The van der Waals surface area contributed by atoms with Gasteiger partial charge in [0.2, 0.25) is 0 Å². The average molecular weight is 328 g/mol. The molecule has 1 fully saturated rings. The molecule has 2 aromatic rings. The second-order valence-corrected chi connectivity index (χ2v) is 6.68. The van der Waals surface area contributed by atoms with Gasteiger partial charge in [-0.3, -0.25) is 4.79 Å². The summed E-state index contributed by atoms with van der Waals surface area (Å²) in [5, 5.41) is 0. The van der Waals surface area contributed by atoms with E-state index in [0.29, 0.717) is 6.04 Å². The Bertz CT molecular complexity index is 728. The zero-order valence-corrected chi connectivity index (χ0v) is 15.2. The first-order chi connectivity index (χ1) is 11.6. The lowest BCUT2D eigenvalue weighted by molar-refractivity contribution is 0.0677. The SMILES string of the molecule is CCc1nccn1[C@H]1CCCN(C(=O)c2cc(C)n(CC)c2C)C1. The highest BCUT2D eigenvalue weighted by Crippen LogP contribution is 2.25. The van der Waals surface area contributed by atoms with E-state index in [0.717, 1.165) is 61.7 Å². The van der Waals surface area contributed by atoms with E-state index in [1.165, 1.54) is 0 Å². The first kappa shape index (κ1) is 16.8. The molecule has 0 unspecified atom stereocenters. The number of likely N-dealkylation sites (tertiary alicyclic amines) is 1. The van der Waals surface area contributed by atoms with Crippen LogP contribution < -0.4 is 0 Å². The van der Waals surface area contributed by atoms with E-state index < -0.39 is 0 Å². The number of amides is 1. The molecular formula is C19H28N4O. The fraction of sp³-hybridized carbons (Fsp3) is 0.579. The molecule has 0 saturated carbocycles. The Morgan fingerprint density at radius 2 is 2.12 bits per heavy atom. The Kier molecular flexibility index (Phi) is 4.78. The second-order valence-electron chi connectivity index (χ2n) is 6.68. The summed E-state index contributed by atoms with van der Waals surface area (Å²) in [4.78, 5) is 19.5. The van der Waals surface area contributed by atoms with Crippen molar-refractivity contribution in [3.05, 3.63) is 41.2 Å². The van der Waals surface area contributed by atoms with Crippen LogP contribution in [0.1, 0.15) is 60.3 Å². The van der Waals surface area contributed by atoms with Crippen LogP contribution in [0.2, 0.25) is 0 Å². The first-order valence-corrected chi connectivity index (χ1v) is 9.04. The van der Waals surface area contributed by atoms with E-state index in [2.05, 4.69) is 48.0 Å². The number of carbonyl (C=O) groups is 1. The summed E-state index contributed by atoms with van der Waals surface area (Å²) in [7, 11) is 0. The van der Waals surface area contributed by atoms with Gasteiger partial charge in [-0.25, -0.2) is 4.98 Å². The molecular weight excluding hydrogens is 300 g/mol. The Hall–Kier alpha value is -2.04. The molecule has 3 heterocycles. The van der Waals surface area contributed by atoms with Crippen molar-refractivity contribution in [1.82, 2.24) is 19.0 Å². The molecule has 1 atom stereocenters. The third kappa shape index (κ3) is 2.87. The minimum absolute atomic E-state index is 0.172. The summed E-state index contributed by atoms with van der Waals surface area (Å²) < 4.78 is 4.47. The van der Waals surface area contributed by atoms with Gasteiger partial charge in [-0.1, -0.05) is 6.92 Å². The van der Waals surface area contributed by atoms with Crippen LogP contribution in [0.4, 0.5) is 0 Å². The zero-order chi connectivity index (χ0) is 17.3. The van der Waals surface area contributed by atoms with Crippen LogP contribution in [-0.4, -0.2) is 38.0 Å². The van der Waals surface area contributed by atoms with Crippen molar-refractivity contribution in [2.75, 3.05) is 13.1 Å². The molecule has 3 rings (SSSR count). The molecule has 130 valence electrons. The third-order valence-corrected chi connectivity index (χ3v) is 5.26. The highest BCUT2D eigenvalue weighted by Gasteiger charge is 2.28. The highest BCUT2D eigenvalue weighted by molar-refractivity contribution is 5.95. The molecule has 0 radical (unpaired) electrons. The molecule has 0 aliphatic carbocycles. The van der Waals surface area contributed by atoms with Crippen molar-refractivity contribution in [2.24, 2.45) is 0 Å². The van der Waals surface area contributed by atoms with E-state index in [9.17, 15) is 4.79 Å². The maximum atomic E-state index is 13.1. The molecule has 1 saturated heterocycles. The monoisotopic (exact) mass is 328 g/mol. The summed E-state index contributed by atoms with van der Waals surface area (Å²) >= 11 is 0. The topological polar surface area (TPSA) is 43.1 Å². The standard InChI is InChI=1S/C19H28N4O/c1-5-18-20-9-11-23(18)16-8-7-10-21(13-16)19(24)17-12-14(3)22(6-2)15(17)4/h9,11-12,16H,5-8,10,13H2,1-4H3/t16-/m0/s1. The number of aryl methyl sites for hydroxylation is 2. The van der Waals surface area contributed by atoms with Crippen LogP contribution in [0.5, 0.6) is 0 Å². The molecule has 1 aliphatic heterocycles. The van der Waals surface area contributed by atoms with Crippen molar-refractivity contribution >= 4 is 5.91 Å². The fourth-order valence-electron chi connectivity index (χ4n) is 3.99. The normalized spacial score (nSPS) is 18.2. The largest absolute Gasteiger partial charge is 0.349 e. The van der Waals surface area contributed by atoms with Crippen molar-refractivity contribution in [2.45, 2.75) is 59.5 Å². The number of imidazole rings is 1. The molecule has 0 N–H and O–H groups in total. The Labute approximate surface area is 144 Å². The van der Waals surface area contributed by atoms with E-state index in [1.807, 2.05) is 17.2 Å². The Balaban J connectivity index is 1.81. The second kappa shape index (κ2) is 6.83. The number of aromatic nitrogens is 3. The minimum atomic E-state index is 0.172. The summed E-state index contributed by atoms with van der Waals surface area (Å²) in [6, 6.07) is 2.38. The van der Waals surface area contributed by atoms with Crippen LogP contribution in [-0.2, 0) is 13.0 Å². The van der Waals surface area contributed by atoms with Gasteiger partial charge < -0.3 is 14.0 Å². The molecule has 5 heteroatoms. The van der Waals surface area contributed by atoms with Gasteiger partial charge in [0.25, 0.3) is 5.91 Å². The highest BCUT2D eigenvalue weighted by atomic mass is 16.2. The van der Waals surface area contributed by atoms with E-state index in [-0.39, 0.29) is 5.91 Å². The van der Waals surface area contributed by atoms with Gasteiger partial charge in [0.05, 0.1) is 11.6 Å². The van der Waals surface area contributed by atoms with Crippen LogP contribution in [0.15, 0.2) is 18.5 Å². The van der Waals surface area contributed by atoms with Gasteiger partial charge in [-0.05, 0) is 39.7 Å². The number of nitrogens with zero attached hydrogens (tertiary/aromatic N) is 4. The van der Waals surface area contributed by atoms with Crippen molar-refractivity contribution < 1.29 is 4.79 Å². The number of hydrogen-bond acceptors (Lipinski definition) is 2. The summed E-state index contributed by atoms with van der Waals surface area (Å²) in [6.07, 6.45) is 7.01. The van der Waals surface area contributed by atoms with Gasteiger partial charge in [-0.15, -0.1) is 0 Å². The lowest BCUT2D eigenvalue weighted by Crippen LogP contribution is -2.41. The van der Waals surface area contributed by atoms with Gasteiger partial charge in [0.15, 0.2) is 0 Å². The van der Waals surface area contributed by atoms with Crippen LogP contribution in [0.3, 0.4) is 0 Å². The zero-order valence-electron chi connectivity index (χ0n) is 15.2. The van der Waals surface area contributed by atoms with E-state index in [4.69, 9.17) is 0 Å². The molecule has 0 bridgehead atoms. The van der Waals surface area contributed by atoms with Gasteiger partial charge >= 0.3 is 0 Å². The lowest BCUT2D eigenvalue weighted by atomic mass is 10.0. The number of hydrogen-bond donors (Lipinski definition) is 0. The minimum Gasteiger partial charge on any atom is -0.349 e. The number of carbonyl (C=O) groups excluding carboxylic acids is 1. The summed E-state index contributed by atoms with van der Waals surface area (Å²) in [6.45, 7) is 10.9. The molecule has 1 aliphatic rings. The maximum absolute atomic E-state index is 13.1. The molecule has 1 amide bonds. The molecule has 2 aromatic heterocycles. The van der Waals surface area contributed by atoms with Crippen LogP contribution >= 0.6 is 0 Å². The van der Waals surface area contributed by atoms with Crippen molar-refractivity contribution in [1.29, 1.82) is 0 Å². The Morgan fingerprint density at radius 3 is 2.79 bits per heavy atom. The quantitative estimate of drug-likeness (QED) is 0.864. The average Bonchev–Trinajstić information content (AvgIpc) is 3.18. The van der Waals surface area contributed by atoms with Crippen molar-refractivity contribution in [3.63, 3.8) is 0 Å². The molecule has 5 nitrogen and oxygen atoms in total. The number of rotatable bonds is 4.